The van der Waals surface area contributed by atoms with Crippen LogP contribution in [0, 0.1) is 11.6 Å². The molecule has 1 unspecified atom stereocenters. The fourth-order valence-electron chi connectivity index (χ4n) is 1.62. The number of rotatable bonds is 3. The van der Waals surface area contributed by atoms with Gasteiger partial charge in [-0.3, -0.25) is 0 Å². The maximum Gasteiger partial charge on any atom is 0.155 e. The summed E-state index contributed by atoms with van der Waals surface area (Å²) in [7, 11) is 0. The molecule has 1 heterocycles. The molecule has 2 rings (SSSR count). The Morgan fingerprint density at radius 1 is 1.35 bits per heavy atom. The summed E-state index contributed by atoms with van der Waals surface area (Å²) in [6.45, 7) is 1.03. The van der Waals surface area contributed by atoms with E-state index in [1.165, 1.54) is 24.3 Å². The van der Waals surface area contributed by atoms with E-state index < -0.39 is 17.3 Å². The maximum atomic E-state index is 14.3. The lowest BCUT2D eigenvalue weighted by Crippen LogP contribution is -2.24. The molecule has 3 nitrogen and oxygen atoms in total. The van der Waals surface area contributed by atoms with Gasteiger partial charge in [0.05, 0.1) is 6.54 Å². The predicted octanol–water partition coefficient (Wildman–Crippen LogP) is 2.44. The molecule has 0 saturated carbocycles. The van der Waals surface area contributed by atoms with E-state index in [0.717, 1.165) is 12.1 Å². The Morgan fingerprint density at radius 3 is 2.71 bits per heavy atom. The minimum atomic E-state index is -1.98. The first-order chi connectivity index (χ1) is 7.99. The fraction of sp³-hybridized carbons (Fsp3) is 0.273. The fourth-order valence-corrected chi connectivity index (χ4v) is 1.62. The Morgan fingerprint density at radius 2 is 2.12 bits per heavy atom. The minimum absolute atomic E-state index is 0.185. The monoisotopic (exact) mass is 241 g/mol. The minimum Gasteiger partial charge on any atom is -0.249 e. The van der Waals surface area contributed by atoms with E-state index in [-0.39, 0.29) is 12.1 Å². The van der Waals surface area contributed by atoms with Gasteiger partial charge in [-0.2, -0.15) is 5.10 Å². The number of nitrogens with zero attached hydrogens (tertiary/aromatic N) is 3. The van der Waals surface area contributed by atoms with E-state index in [1.54, 1.807) is 0 Å². The van der Waals surface area contributed by atoms with Gasteiger partial charge in [-0.15, -0.1) is 0 Å². The molecule has 0 amide bonds. The van der Waals surface area contributed by atoms with Crippen molar-refractivity contribution in [1.82, 2.24) is 14.8 Å². The molecule has 1 aromatic heterocycles. The molecule has 0 aliphatic carbocycles. The van der Waals surface area contributed by atoms with Crippen molar-refractivity contribution in [2.45, 2.75) is 19.1 Å². The van der Waals surface area contributed by atoms with Crippen LogP contribution in [-0.4, -0.2) is 14.8 Å². The van der Waals surface area contributed by atoms with Crippen LogP contribution >= 0.6 is 0 Å². The smallest absolute Gasteiger partial charge is 0.155 e. The lowest BCUT2D eigenvalue weighted by molar-refractivity contribution is 0.149. The lowest BCUT2D eigenvalue weighted by Gasteiger charge is -2.21. The van der Waals surface area contributed by atoms with Crippen LogP contribution in [0.1, 0.15) is 12.5 Å². The largest absolute Gasteiger partial charge is 0.249 e. The summed E-state index contributed by atoms with van der Waals surface area (Å²) >= 11 is 0. The standard InChI is InChI=1S/C11H10F3N3/c1-11(14,5-17-7-15-6-16-17)9-3-2-8(12)4-10(9)13/h2-4,6-7H,5H2,1H3. The van der Waals surface area contributed by atoms with Crippen molar-refractivity contribution in [2.24, 2.45) is 0 Å². The zero-order valence-corrected chi connectivity index (χ0v) is 9.07. The molecule has 0 aliphatic heterocycles. The molecular weight excluding hydrogens is 231 g/mol. The van der Waals surface area contributed by atoms with Crippen LogP contribution in [0.25, 0.3) is 0 Å². The van der Waals surface area contributed by atoms with E-state index in [2.05, 4.69) is 10.1 Å². The van der Waals surface area contributed by atoms with Gasteiger partial charge < -0.3 is 0 Å². The molecule has 0 bridgehead atoms. The van der Waals surface area contributed by atoms with Crippen molar-refractivity contribution in [3.63, 3.8) is 0 Å². The summed E-state index contributed by atoms with van der Waals surface area (Å²) < 4.78 is 41.8. The van der Waals surface area contributed by atoms with E-state index in [0.29, 0.717) is 6.07 Å². The summed E-state index contributed by atoms with van der Waals surface area (Å²) in [5.41, 5.74) is -2.18. The summed E-state index contributed by atoms with van der Waals surface area (Å²) in [6.07, 6.45) is 2.59. The molecule has 90 valence electrons. The van der Waals surface area contributed by atoms with Crippen molar-refractivity contribution in [1.29, 1.82) is 0 Å². The quantitative estimate of drug-likeness (QED) is 0.826. The van der Waals surface area contributed by atoms with E-state index in [9.17, 15) is 13.2 Å². The maximum absolute atomic E-state index is 14.3. The number of aromatic nitrogens is 3. The van der Waals surface area contributed by atoms with Crippen LogP contribution < -0.4 is 0 Å². The molecule has 0 N–H and O–H groups in total. The average molecular weight is 241 g/mol. The van der Waals surface area contributed by atoms with Crippen LogP contribution in [0.15, 0.2) is 30.9 Å². The zero-order valence-electron chi connectivity index (χ0n) is 9.07. The molecule has 6 heteroatoms. The second-order valence-corrected chi connectivity index (χ2v) is 3.91. The normalized spacial score (nSPS) is 14.6. The third kappa shape index (κ3) is 2.46. The summed E-state index contributed by atoms with van der Waals surface area (Å²) in [4.78, 5) is 3.67. The van der Waals surface area contributed by atoms with Crippen molar-refractivity contribution >= 4 is 0 Å². The van der Waals surface area contributed by atoms with Crippen molar-refractivity contribution in [2.75, 3.05) is 0 Å². The highest BCUT2D eigenvalue weighted by molar-refractivity contribution is 5.24. The van der Waals surface area contributed by atoms with Crippen LogP contribution in [0.4, 0.5) is 13.2 Å². The Hall–Kier alpha value is -1.85. The number of alkyl halides is 1. The zero-order chi connectivity index (χ0) is 12.5. The topological polar surface area (TPSA) is 30.7 Å². The second-order valence-electron chi connectivity index (χ2n) is 3.91. The van der Waals surface area contributed by atoms with Crippen LogP contribution in [0.3, 0.4) is 0 Å². The van der Waals surface area contributed by atoms with Crippen LogP contribution in [-0.2, 0) is 12.2 Å². The van der Waals surface area contributed by atoms with E-state index >= 15 is 0 Å². The van der Waals surface area contributed by atoms with Gasteiger partial charge in [-0.25, -0.2) is 22.8 Å². The van der Waals surface area contributed by atoms with Gasteiger partial charge in [0.1, 0.15) is 24.3 Å². The second kappa shape index (κ2) is 4.20. The summed E-state index contributed by atoms with van der Waals surface area (Å²) in [5, 5.41) is 3.74. The molecule has 17 heavy (non-hydrogen) atoms. The first-order valence-electron chi connectivity index (χ1n) is 4.96. The SMILES string of the molecule is CC(F)(Cn1cncn1)c1ccc(F)cc1F. The van der Waals surface area contributed by atoms with Crippen molar-refractivity contribution in [3.8, 4) is 0 Å². The molecule has 0 saturated heterocycles. The van der Waals surface area contributed by atoms with Gasteiger partial charge in [0.25, 0.3) is 0 Å². The summed E-state index contributed by atoms with van der Waals surface area (Å²) in [5.74, 6) is -1.64. The average Bonchev–Trinajstić information content (AvgIpc) is 2.68. The Bertz CT molecular complexity index is 509. The number of halogens is 3. The predicted molar refractivity (Wildman–Crippen MR) is 54.8 cm³/mol. The first kappa shape index (κ1) is 11.6. The highest BCUT2D eigenvalue weighted by Crippen LogP contribution is 2.29. The molecule has 2 aromatic rings. The van der Waals surface area contributed by atoms with Crippen LogP contribution in [0.5, 0.6) is 0 Å². The highest BCUT2D eigenvalue weighted by Gasteiger charge is 2.30. The molecule has 0 spiro atoms. The van der Waals surface area contributed by atoms with Gasteiger partial charge in [0.15, 0.2) is 5.67 Å². The molecule has 0 fully saturated rings. The van der Waals surface area contributed by atoms with Crippen molar-refractivity contribution in [3.05, 3.63) is 48.1 Å². The van der Waals surface area contributed by atoms with E-state index in [4.69, 9.17) is 0 Å². The lowest BCUT2D eigenvalue weighted by atomic mass is 9.97. The van der Waals surface area contributed by atoms with Gasteiger partial charge in [-0.1, -0.05) is 0 Å². The number of hydrogen-bond acceptors (Lipinski definition) is 2. The first-order valence-corrected chi connectivity index (χ1v) is 4.96. The number of hydrogen-bond donors (Lipinski definition) is 0. The molecular formula is C11H10F3N3. The van der Waals surface area contributed by atoms with Crippen molar-refractivity contribution < 1.29 is 13.2 Å². The van der Waals surface area contributed by atoms with Gasteiger partial charge >= 0.3 is 0 Å². The number of benzene rings is 1. The Kier molecular flexibility index (Phi) is 2.87. The molecule has 0 radical (unpaired) electrons. The molecule has 0 aliphatic rings. The Balaban J connectivity index is 2.30. The molecule has 1 atom stereocenters. The third-order valence-electron chi connectivity index (χ3n) is 2.42. The van der Waals surface area contributed by atoms with E-state index in [1.807, 2.05) is 0 Å². The third-order valence-corrected chi connectivity index (χ3v) is 2.42. The summed E-state index contributed by atoms with van der Waals surface area (Å²) in [6, 6.07) is 2.79. The highest BCUT2D eigenvalue weighted by atomic mass is 19.2. The van der Waals surface area contributed by atoms with Gasteiger partial charge in [0, 0.05) is 11.6 Å². The van der Waals surface area contributed by atoms with Gasteiger partial charge in [0.2, 0.25) is 0 Å². The Labute approximate surface area is 95.9 Å². The molecule has 1 aromatic carbocycles. The van der Waals surface area contributed by atoms with Gasteiger partial charge in [-0.05, 0) is 19.1 Å². The van der Waals surface area contributed by atoms with Crippen LogP contribution in [0.2, 0.25) is 0 Å².